The lowest BCUT2D eigenvalue weighted by Crippen LogP contribution is -2.41. The van der Waals surface area contributed by atoms with Crippen molar-refractivity contribution in [1.82, 2.24) is 9.88 Å². The van der Waals surface area contributed by atoms with Crippen molar-refractivity contribution in [3.05, 3.63) is 64.9 Å². The van der Waals surface area contributed by atoms with Crippen molar-refractivity contribution in [3.63, 3.8) is 0 Å². The van der Waals surface area contributed by atoms with Crippen LogP contribution >= 0.6 is 11.6 Å². The molecule has 0 saturated heterocycles. The van der Waals surface area contributed by atoms with E-state index in [9.17, 15) is 9.59 Å². The summed E-state index contributed by atoms with van der Waals surface area (Å²) in [5.41, 5.74) is 6.72. The first-order valence-corrected chi connectivity index (χ1v) is 7.17. The molecule has 0 aliphatic heterocycles. The van der Waals surface area contributed by atoms with Gasteiger partial charge in [0, 0.05) is 36.4 Å². The second kappa shape index (κ2) is 7.56. The number of benzene rings is 1. The Labute approximate surface area is 133 Å². The van der Waals surface area contributed by atoms with Crippen LogP contribution in [-0.4, -0.2) is 28.2 Å². The van der Waals surface area contributed by atoms with Crippen LogP contribution in [0.1, 0.15) is 11.3 Å². The van der Waals surface area contributed by atoms with Gasteiger partial charge >= 0.3 is 11.8 Å². The lowest BCUT2D eigenvalue weighted by atomic mass is 10.2. The molecule has 5 nitrogen and oxygen atoms in total. The molecule has 114 valence electrons. The number of nitrogens with two attached hydrogens (primary N) is 1. The quantitative estimate of drug-likeness (QED) is 0.854. The van der Waals surface area contributed by atoms with Crippen LogP contribution in [-0.2, 0) is 22.6 Å². The monoisotopic (exact) mass is 317 g/mol. The van der Waals surface area contributed by atoms with Crippen molar-refractivity contribution in [3.8, 4) is 0 Å². The number of nitrogens with zero attached hydrogens (tertiary/aromatic N) is 2. The van der Waals surface area contributed by atoms with Crippen LogP contribution in [0.15, 0.2) is 48.7 Å². The summed E-state index contributed by atoms with van der Waals surface area (Å²) in [7, 11) is 0. The maximum absolute atomic E-state index is 12.0. The third-order valence-electron chi connectivity index (χ3n) is 3.18. The van der Waals surface area contributed by atoms with Crippen LogP contribution in [0.5, 0.6) is 0 Å². The van der Waals surface area contributed by atoms with E-state index in [1.54, 1.807) is 18.3 Å². The van der Waals surface area contributed by atoms with E-state index < -0.39 is 11.8 Å². The van der Waals surface area contributed by atoms with Crippen LogP contribution in [0.3, 0.4) is 0 Å². The van der Waals surface area contributed by atoms with Crippen LogP contribution < -0.4 is 5.73 Å². The number of hydrogen-bond acceptors (Lipinski definition) is 3. The molecule has 22 heavy (non-hydrogen) atoms. The molecule has 2 N–H and O–H groups in total. The zero-order valence-electron chi connectivity index (χ0n) is 11.9. The smallest absolute Gasteiger partial charge is 0.311 e. The van der Waals surface area contributed by atoms with E-state index >= 15 is 0 Å². The third kappa shape index (κ3) is 4.30. The number of carbonyl (C=O) groups is 2. The highest BCUT2D eigenvalue weighted by atomic mass is 35.5. The molecule has 2 rings (SSSR count). The van der Waals surface area contributed by atoms with Gasteiger partial charge in [0.15, 0.2) is 0 Å². The SMILES string of the molecule is NC(=O)C(=O)N(CCc1ccccn1)Cc1ccccc1Cl. The second-order valence-electron chi connectivity index (χ2n) is 4.75. The predicted octanol–water partition coefficient (Wildman–Crippen LogP) is 1.79. The highest BCUT2D eigenvalue weighted by Crippen LogP contribution is 2.17. The van der Waals surface area contributed by atoms with E-state index in [2.05, 4.69) is 4.98 Å². The topological polar surface area (TPSA) is 76.3 Å². The maximum atomic E-state index is 12.0. The largest absolute Gasteiger partial charge is 0.361 e. The number of hydrogen-bond donors (Lipinski definition) is 1. The molecular formula is C16H16ClN3O2. The van der Waals surface area contributed by atoms with Crippen molar-refractivity contribution in [1.29, 1.82) is 0 Å². The summed E-state index contributed by atoms with van der Waals surface area (Å²) < 4.78 is 0. The Hall–Kier alpha value is -2.40. The van der Waals surface area contributed by atoms with Gasteiger partial charge in [-0.15, -0.1) is 0 Å². The Morgan fingerprint density at radius 1 is 1.14 bits per heavy atom. The molecule has 0 aliphatic carbocycles. The average Bonchev–Trinajstić information content (AvgIpc) is 2.53. The summed E-state index contributed by atoms with van der Waals surface area (Å²) in [6.07, 6.45) is 2.22. The van der Waals surface area contributed by atoms with Crippen molar-refractivity contribution < 1.29 is 9.59 Å². The van der Waals surface area contributed by atoms with Crippen molar-refractivity contribution >= 4 is 23.4 Å². The van der Waals surface area contributed by atoms with E-state index in [1.165, 1.54) is 4.90 Å². The van der Waals surface area contributed by atoms with E-state index in [0.717, 1.165) is 11.3 Å². The molecule has 2 amide bonds. The van der Waals surface area contributed by atoms with Gasteiger partial charge in [-0.2, -0.15) is 0 Å². The van der Waals surface area contributed by atoms with Crippen LogP contribution in [0.25, 0.3) is 0 Å². The van der Waals surface area contributed by atoms with E-state index in [1.807, 2.05) is 30.3 Å². The molecule has 1 aromatic carbocycles. The zero-order chi connectivity index (χ0) is 15.9. The van der Waals surface area contributed by atoms with Gasteiger partial charge in [-0.25, -0.2) is 0 Å². The van der Waals surface area contributed by atoms with Gasteiger partial charge in [0.1, 0.15) is 0 Å². The molecule has 0 bridgehead atoms. The fraction of sp³-hybridized carbons (Fsp3) is 0.188. The van der Waals surface area contributed by atoms with Gasteiger partial charge in [0.2, 0.25) is 0 Å². The molecule has 6 heteroatoms. The number of amides is 2. The van der Waals surface area contributed by atoms with Crippen molar-refractivity contribution in [2.45, 2.75) is 13.0 Å². The van der Waals surface area contributed by atoms with Crippen molar-refractivity contribution in [2.75, 3.05) is 6.54 Å². The fourth-order valence-corrected chi connectivity index (χ4v) is 2.23. The first kappa shape index (κ1) is 16.0. The Morgan fingerprint density at radius 2 is 1.86 bits per heavy atom. The normalized spacial score (nSPS) is 10.2. The van der Waals surface area contributed by atoms with E-state index in [4.69, 9.17) is 17.3 Å². The molecule has 0 spiro atoms. The van der Waals surface area contributed by atoms with Crippen LogP contribution in [0.4, 0.5) is 0 Å². The molecule has 1 aromatic heterocycles. The van der Waals surface area contributed by atoms with Crippen LogP contribution in [0, 0.1) is 0 Å². The Kier molecular flexibility index (Phi) is 5.49. The summed E-state index contributed by atoms with van der Waals surface area (Å²) in [5, 5.41) is 0.544. The lowest BCUT2D eigenvalue weighted by Gasteiger charge is -2.21. The minimum atomic E-state index is -0.979. The third-order valence-corrected chi connectivity index (χ3v) is 3.55. The molecule has 0 radical (unpaired) electrons. The number of pyridine rings is 1. The fourth-order valence-electron chi connectivity index (χ4n) is 2.04. The highest BCUT2D eigenvalue weighted by Gasteiger charge is 2.20. The standard InChI is InChI=1S/C16H16ClN3O2/c17-14-7-2-1-5-12(14)11-20(16(22)15(18)21)10-8-13-6-3-4-9-19-13/h1-7,9H,8,10-11H2,(H2,18,21). The predicted molar refractivity (Wildman–Crippen MR) is 84.0 cm³/mol. The molecule has 0 atom stereocenters. The molecule has 1 heterocycles. The number of rotatable bonds is 5. The Bertz CT molecular complexity index is 661. The van der Waals surface area contributed by atoms with Gasteiger partial charge < -0.3 is 10.6 Å². The number of aromatic nitrogens is 1. The zero-order valence-corrected chi connectivity index (χ0v) is 12.7. The minimum Gasteiger partial charge on any atom is -0.361 e. The van der Waals surface area contributed by atoms with Gasteiger partial charge in [-0.3, -0.25) is 14.6 Å². The van der Waals surface area contributed by atoms with E-state index in [0.29, 0.717) is 18.0 Å². The van der Waals surface area contributed by atoms with Crippen LogP contribution in [0.2, 0.25) is 5.02 Å². The maximum Gasteiger partial charge on any atom is 0.311 e. The van der Waals surface area contributed by atoms with E-state index in [-0.39, 0.29) is 6.54 Å². The highest BCUT2D eigenvalue weighted by molar-refractivity contribution is 6.34. The first-order valence-electron chi connectivity index (χ1n) is 6.80. The van der Waals surface area contributed by atoms with Gasteiger partial charge in [0.05, 0.1) is 0 Å². The summed E-state index contributed by atoms with van der Waals surface area (Å²) in [6.45, 7) is 0.568. The first-order chi connectivity index (χ1) is 10.6. The number of carbonyl (C=O) groups excluding carboxylic acids is 2. The van der Waals surface area contributed by atoms with Crippen molar-refractivity contribution in [2.24, 2.45) is 5.73 Å². The minimum absolute atomic E-state index is 0.230. The second-order valence-corrected chi connectivity index (χ2v) is 5.16. The summed E-state index contributed by atoms with van der Waals surface area (Å²) in [4.78, 5) is 28.8. The Morgan fingerprint density at radius 3 is 2.50 bits per heavy atom. The number of primary amides is 1. The lowest BCUT2D eigenvalue weighted by molar-refractivity contribution is -0.144. The summed E-state index contributed by atoms with van der Waals surface area (Å²) in [6, 6.07) is 12.7. The summed E-state index contributed by atoms with van der Waals surface area (Å²) >= 11 is 6.10. The molecule has 0 aliphatic rings. The van der Waals surface area contributed by atoms with Gasteiger partial charge in [-0.05, 0) is 23.8 Å². The van der Waals surface area contributed by atoms with Gasteiger partial charge in [-0.1, -0.05) is 35.9 Å². The molecule has 0 saturated carbocycles. The molecular weight excluding hydrogens is 302 g/mol. The molecule has 0 unspecified atom stereocenters. The van der Waals surface area contributed by atoms with Gasteiger partial charge in [0.25, 0.3) is 0 Å². The molecule has 2 aromatic rings. The number of halogens is 1. The average molecular weight is 318 g/mol. The molecule has 0 fully saturated rings. The summed E-state index contributed by atoms with van der Waals surface area (Å²) in [5.74, 6) is -1.70. The Balaban J connectivity index is 2.11.